The Hall–Kier alpha value is -2.17. The van der Waals surface area contributed by atoms with Gasteiger partial charge >= 0.3 is 0 Å². The number of methoxy groups -OCH3 is 1. The molecule has 1 aromatic heterocycles. The molecule has 2 aromatic rings. The molecule has 0 fully saturated rings. The third-order valence-electron chi connectivity index (χ3n) is 3.29. The Labute approximate surface area is 111 Å². The Morgan fingerprint density at radius 1 is 1.42 bits per heavy atom. The first-order valence-corrected chi connectivity index (χ1v) is 6.33. The number of aliphatic imine (C=N–C) groups is 1. The Morgan fingerprint density at radius 2 is 2.26 bits per heavy atom. The monoisotopic (exact) mass is 259 g/mol. The average Bonchev–Trinajstić information content (AvgIpc) is 2.99. The molecule has 0 unspecified atom stereocenters. The SMILES string of the molecule is COc1c(CNC2=NCCN2C)oc2ccccc12. The molecule has 3 rings (SSSR count). The average molecular weight is 259 g/mol. The first-order chi connectivity index (χ1) is 9.29. The van der Waals surface area contributed by atoms with Crippen molar-refractivity contribution in [1.82, 2.24) is 10.2 Å². The Bertz CT molecular complexity index is 618. The molecule has 0 aliphatic carbocycles. The molecule has 5 heteroatoms. The van der Waals surface area contributed by atoms with Crippen molar-refractivity contribution >= 4 is 16.9 Å². The second-order valence-corrected chi connectivity index (χ2v) is 4.54. The summed E-state index contributed by atoms with van der Waals surface area (Å²) in [5.41, 5.74) is 0.845. The van der Waals surface area contributed by atoms with Gasteiger partial charge in [0.2, 0.25) is 0 Å². The van der Waals surface area contributed by atoms with E-state index in [4.69, 9.17) is 9.15 Å². The number of nitrogens with one attached hydrogen (secondary N) is 1. The molecule has 5 nitrogen and oxygen atoms in total. The predicted molar refractivity (Wildman–Crippen MR) is 74.5 cm³/mol. The van der Waals surface area contributed by atoms with E-state index in [1.54, 1.807) is 7.11 Å². The third-order valence-corrected chi connectivity index (χ3v) is 3.29. The summed E-state index contributed by atoms with van der Waals surface area (Å²) in [6.07, 6.45) is 0. The number of nitrogens with zero attached hydrogens (tertiary/aromatic N) is 2. The van der Waals surface area contributed by atoms with Crippen molar-refractivity contribution in [3.63, 3.8) is 0 Å². The van der Waals surface area contributed by atoms with Crippen LogP contribution in [0.15, 0.2) is 33.7 Å². The van der Waals surface area contributed by atoms with E-state index in [-0.39, 0.29) is 0 Å². The minimum absolute atomic E-state index is 0.570. The van der Waals surface area contributed by atoms with Gasteiger partial charge in [-0.1, -0.05) is 12.1 Å². The number of fused-ring (bicyclic) bond motifs is 1. The molecule has 1 N–H and O–H groups in total. The highest BCUT2D eigenvalue weighted by Gasteiger charge is 2.17. The molecule has 1 aromatic carbocycles. The van der Waals surface area contributed by atoms with E-state index in [2.05, 4.69) is 15.2 Å². The second-order valence-electron chi connectivity index (χ2n) is 4.54. The van der Waals surface area contributed by atoms with Crippen molar-refractivity contribution in [3.8, 4) is 5.75 Å². The number of rotatable bonds is 3. The van der Waals surface area contributed by atoms with Gasteiger partial charge in [-0.2, -0.15) is 0 Å². The van der Waals surface area contributed by atoms with Crippen molar-refractivity contribution in [2.45, 2.75) is 6.54 Å². The van der Waals surface area contributed by atoms with Crippen LogP contribution in [0.5, 0.6) is 5.75 Å². The van der Waals surface area contributed by atoms with Crippen molar-refractivity contribution < 1.29 is 9.15 Å². The highest BCUT2D eigenvalue weighted by Crippen LogP contribution is 2.32. The number of furan rings is 1. The highest BCUT2D eigenvalue weighted by atomic mass is 16.5. The Kier molecular flexibility index (Phi) is 3.03. The smallest absolute Gasteiger partial charge is 0.194 e. The molecule has 0 radical (unpaired) electrons. The number of guanidine groups is 1. The summed E-state index contributed by atoms with van der Waals surface area (Å²) in [6, 6.07) is 7.88. The molecular weight excluding hydrogens is 242 g/mol. The largest absolute Gasteiger partial charge is 0.492 e. The van der Waals surface area contributed by atoms with Gasteiger partial charge in [0.05, 0.1) is 25.6 Å². The van der Waals surface area contributed by atoms with Crippen molar-refractivity contribution in [1.29, 1.82) is 0 Å². The van der Waals surface area contributed by atoms with Gasteiger partial charge in [-0.15, -0.1) is 0 Å². The maximum Gasteiger partial charge on any atom is 0.194 e. The van der Waals surface area contributed by atoms with Gasteiger partial charge in [0.25, 0.3) is 0 Å². The quantitative estimate of drug-likeness (QED) is 0.913. The summed E-state index contributed by atoms with van der Waals surface area (Å²) in [5.74, 6) is 2.50. The number of hydrogen-bond acceptors (Lipinski definition) is 5. The van der Waals surface area contributed by atoms with Gasteiger partial charge in [0.15, 0.2) is 17.5 Å². The fourth-order valence-electron chi connectivity index (χ4n) is 2.30. The Morgan fingerprint density at radius 3 is 3.00 bits per heavy atom. The van der Waals surface area contributed by atoms with E-state index in [0.29, 0.717) is 6.54 Å². The summed E-state index contributed by atoms with van der Waals surface area (Å²) in [4.78, 5) is 6.48. The van der Waals surface area contributed by atoms with Gasteiger partial charge < -0.3 is 19.4 Å². The van der Waals surface area contributed by atoms with Gasteiger partial charge in [-0.05, 0) is 12.1 Å². The normalized spacial score (nSPS) is 14.8. The number of ether oxygens (including phenoxy) is 1. The summed E-state index contributed by atoms with van der Waals surface area (Å²) < 4.78 is 11.3. The fraction of sp³-hybridized carbons (Fsp3) is 0.357. The standard InChI is InChI=1S/C14H17N3O2/c1-17-8-7-15-14(17)16-9-12-13(18-2)10-5-3-4-6-11(10)19-12/h3-6H,7-9H2,1-2H3,(H,15,16). The maximum absolute atomic E-state index is 5.82. The van der Waals surface area contributed by atoms with Crippen LogP contribution >= 0.6 is 0 Å². The van der Waals surface area contributed by atoms with E-state index >= 15 is 0 Å². The molecule has 0 bridgehead atoms. The molecule has 100 valence electrons. The van der Waals surface area contributed by atoms with Crippen molar-refractivity contribution in [2.24, 2.45) is 4.99 Å². The molecule has 0 atom stereocenters. The second kappa shape index (κ2) is 4.84. The van der Waals surface area contributed by atoms with Crippen molar-refractivity contribution in [3.05, 3.63) is 30.0 Å². The first kappa shape index (κ1) is 11.9. The minimum atomic E-state index is 0.570. The van der Waals surface area contributed by atoms with E-state index in [1.165, 1.54) is 0 Å². The van der Waals surface area contributed by atoms with Crippen LogP contribution in [0.4, 0.5) is 0 Å². The molecule has 1 aliphatic rings. The number of benzene rings is 1. The molecular formula is C14H17N3O2. The summed E-state index contributed by atoms with van der Waals surface area (Å²) in [6.45, 7) is 2.37. The van der Waals surface area contributed by atoms with E-state index in [0.717, 1.165) is 41.5 Å². The van der Waals surface area contributed by atoms with Crippen LogP contribution < -0.4 is 10.1 Å². The van der Waals surface area contributed by atoms with Gasteiger partial charge in [-0.3, -0.25) is 4.99 Å². The van der Waals surface area contributed by atoms with Crippen LogP contribution in [-0.2, 0) is 6.54 Å². The number of likely N-dealkylation sites (N-methyl/N-ethyl adjacent to an activating group) is 1. The lowest BCUT2D eigenvalue weighted by atomic mass is 10.2. The fourth-order valence-corrected chi connectivity index (χ4v) is 2.30. The lowest BCUT2D eigenvalue weighted by Crippen LogP contribution is -2.35. The first-order valence-electron chi connectivity index (χ1n) is 6.33. The third kappa shape index (κ3) is 2.12. The van der Waals surface area contributed by atoms with E-state index < -0.39 is 0 Å². The molecule has 2 heterocycles. The number of para-hydroxylation sites is 1. The zero-order chi connectivity index (χ0) is 13.2. The molecule has 0 saturated carbocycles. The lowest BCUT2D eigenvalue weighted by Gasteiger charge is -2.14. The van der Waals surface area contributed by atoms with Crippen LogP contribution in [-0.4, -0.2) is 38.1 Å². The van der Waals surface area contributed by atoms with Crippen LogP contribution in [0.2, 0.25) is 0 Å². The molecule has 0 saturated heterocycles. The van der Waals surface area contributed by atoms with Gasteiger partial charge in [0, 0.05) is 13.6 Å². The van der Waals surface area contributed by atoms with E-state index in [9.17, 15) is 0 Å². The molecule has 19 heavy (non-hydrogen) atoms. The zero-order valence-corrected chi connectivity index (χ0v) is 11.1. The Balaban J connectivity index is 1.84. The molecule has 0 amide bonds. The summed E-state index contributed by atoms with van der Waals surface area (Å²) in [7, 11) is 3.69. The highest BCUT2D eigenvalue weighted by molar-refractivity contribution is 5.86. The topological polar surface area (TPSA) is 50.0 Å². The van der Waals surface area contributed by atoms with Crippen LogP contribution in [0.3, 0.4) is 0 Å². The van der Waals surface area contributed by atoms with Crippen LogP contribution in [0, 0.1) is 0 Å². The molecule has 1 aliphatic heterocycles. The van der Waals surface area contributed by atoms with Gasteiger partial charge in [0.1, 0.15) is 5.58 Å². The van der Waals surface area contributed by atoms with Gasteiger partial charge in [-0.25, -0.2) is 0 Å². The summed E-state index contributed by atoms with van der Waals surface area (Å²) in [5, 5.41) is 4.29. The predicted octanol–water partition coefficient (Wildman–Crippen LogP) is 1.83. The van der Waals surface area contributed by atoms with E-state index in [1.807, 2.05) is 31.3 Å². The number of hydrogen-bond donors (Lipinski definition) is 1. The maximum atomic E-state index is 5.82. The van der Waals surface area contributed by atoms with Crippen LogP contribution in [0.25, 0.3) is 11.0 Å². The summed E-state index contributed by atoms with van der Waals surface area (Å²) >= 11 is 0. The lowest BCUT2D eigenvalue weighted by molar-refractivity contribution is 0.393. The van der Waals surface area contributed by atoms with Crippen LogP contribution in [0.1, 0.15) is 5.76 Å². The zero-order valence-electron chi connectivity index (χ0n) is 11.1. The van der Waals surface area contributed by atoms with Crippen molar-refractivity contribution in [2.75, 3.05) is 27.2 Å². The molecule has 0 spiro atoms. The minimum Gasteiger partial charge on any atom is -0.492 e.